The van der Waals surface area contributed by atoms with Crippen molar-refractivity contribution >= 4 is 5.97 Å². The Morgan fingerprint density at radius 2 is 2.05 bits per heavy atom. The van der Waals surface area contributed by atoms with E-state index in [0.29, 0.717) is 26.1 Å². The van der Waals surface area contributed by atoms with Crippen molar-refractivity contribution in [3.8, 4) is 18.1 Å². The second-order valence-corrected chi connectivity index (χ2v) is 4.11. The number of esters is 1. The molecule has 1 aromatic rings. The van der Waals surface area contributed by atoms with Gasteiger partial charge >= 0.3 is 5.97 Å². The first-order valence-electron chi connectivity index (χ1n) is 6.57. The van der Waals surface area contributed by atoms with Crippen LogP contribution >= 0.6 is 0 Å². The van der Waals surface area contributed by atoms with E-state index in [0.717, 1.165) is 18.6 Å². The highest BCUT2D eigenvalue weighted by molar-refractivity contribution is 5.69. The molecule has 0 bridgehead atoms. The van der Waals surface area contributed by atoms with Crippen LogP contribution in [-0.2, 0) is 16.0 Å². The van der Waals surface area contributed by atoms with Gasteiger partial charge in [-0.1, -0.05) is 12.1 Å². The number of hydrogen-bond donors (Lipinski definition) is 0. The van der Waals surface area contributed by atoms with Crippen molar-refractivity contribution in [1.29, 1.82) is 0 Å². The molecule has 0 aromatic heterocycles. The zero-order valence-electron chi connectivity index (χ0n) is 11.4. The summed E-state index contributed by atoms with van der Waals surface area (Å²) in [6.45, 7) is 2.75. The van der Waals surface area contributed by atoms with Crippen molar-refractivity contribution in [2.24, 2.45) is 0 Å². The van der Waals surface area contributed by atoms with Gasteiger partial charge in [-0.15, -0.1) is 12.3 Å². The Morgan fingerprint density at radius 1 is 1.32 bits per heavy atom. The van der Waals surface area contributed by atoms with Crippen molar-refractivity contribution in [2.45, 2.75) is 32.6 Å². The van der Waals surface area contributed by atoms with Gasteiger partial charge in [0, 0.05) is 12.8 Å². The lowest BCUT2D eigenvalue weighted by molar-refractivity contribution is -0.143. The molecule has 3 nitrogen and oxygen atoms in total. The van der Waals surface area contributed by atoms with Gasteiger partial charge in [-0.3, -0.25) is 4.79 Å². The zero-order valence-corrected chi connectivity index (χ0v) is 11.4. The molecule has 0 saturated heterocycles. The highest BCUT2D eigenvalue weighted by Crippen LogP contribution is 2.13. The van der Waals surface area contributed by atoms with Crippen LogP contribution in [0.5, 0.6) is 5.75 Å². The van der Waals surface area contributed by atoms with Crippen LogP contribution in [0.1, 0.15) is 31.7 Å². The van der Waals surface area contributed by atoms with E-state index in [1.165, 1.54) is 5.56 Å². The number of hydrogen-bond acceptors (Lipinski definition) is 3. The third kappa shape index (κ3) is 6.52. The minimum absolute atomic E-state index is 0.171. The van der Waals surface area contributed by atoms with Crippen LogP contribution in [0.25, 0.3) is 0 Å². The van der Waals surface area contributed by atoms with Crippen LogP contribution in [0.3, 0.4) is 0 Å². The maximum atomic E-state index is 11.1. The number of terminal acetylenes is 1. The Bertz CT molecular complexity index is 415. The summed E-state index contributed by atoms with van der Waals surface area (Å²) in [5.41, 5.74) is 1.21. The highest BCUT2D eigenvalue weighted by Gasteiger charge is 2.01. The molecular weight excluding hydrogens is 240 g/mol. The molecule has 0 atom stereocenters. The summed E-state index contributed by atoms with van der Waals surface area (Å²) in [4.78, 5) is 11.1. The topological polar surface area (TPSA) is 35.5 Å². The SMILES string of the molecule is C#CCCc1ccc(OCCCC(=O)OCC)cc1. The summed E-state index contributed by atoms with van der Waals surface area (Å²) in [6.07, 6.45) is 7.92. The number of carbonyl (C=O) groups excluding carboxylic acids is 1. The molecule has 0 heterocycles. The molecular formula is C16H20O3. The van der Waals surface area contributed by atoms with Crippen molar-refractivity contribution in [1.82, 2.24) is 0 Å². The first-order valence-corrected chi connectivity index (χ1v) is 6.57. The Hall–Kier alpha value is -1.95. The molecule has 0 amide bonds. The van der Waals surface area contributed by atoms with Crippen molar-refractivity contribution in [3.63, 3.8) is 0 Å². The molecule has 0 aliphatic heterocycles. The summed E-state index contributed by atoms with van der Waals surface area (Å²) < 4.78 is 10.4. The molecule has 1 aromatic carbocycles. The minimum atomic E-state index is -0.171. The van der Waals surface area contributed by atoms with E-state index in [1.807, 2.05) is 24.3 Å². The number of rotatable bonds is 8. The maximum absolute atomic E-state index is 11.1. The summed E-state index contributed by atoms with van der Waals surface area (Å²) in [5, 5.41) is 0. The third-order valence-corrected chi connectivity index (χ3v) is 2.58. The van der Waals surface area contributed by atoms with Crippen molar-refractivity contribution < 1.29 is 14.3 Å². The summed E-state index contributed by atoms with van der Waals surface area (Å²) in [6, 6.07) is 7.88. The van der Waals surface area contributed by atoms with Crippen LogP contribution in [0.4, 0.5) is 0 Å². The van der Waals surface area contributed by atoms with E-state index in [4.69, 9.17) is 15.9 Å². The average molecular weight is 260 g/mol. The van der Waals surface area contributed by atoms with Crippen LogP contribution in [0, 0.1) is 12.3 Å². The van der Waals surface area contributed by atoms with Gasteiger partial charge < -0.3 is 9.47 Å². The lowest BCUT2D eigenvalue weighted by atomic mass is 10.1. The Labute approximate surface area is 114 Å². The fraction of sp³-hybridized carbons (Fsp3) is 0.438. The predicted octanol–water partition coefficient (Wildman–Crippen LogP) is 2.97. The summed E-state index contributed by atoms with van der Waals surface area (Å²) in [5.74, 6) is 3.26. The molecule has 0 aliphatic carbocycles. The molecule has 0 saturated carbocycles. The fourth-order valence-electron chi connectivity index (χ4n) is 1.61. The van der Waals surface area contributed by atoms with E-state index < -0.39 is 0 Å². The van der Waals surface area contributed by atoms with E-state index in [9.17, 15) is 4.79 Å². The molecule has 3 heteroatoms. The highest BCUT2D eigenvalue weighted by atomic mass is 16.5. The predicted molar refractivity (Wildman–Crippen MR) is 75.0 cm³/mol. The Morgan fingerprint density at radius 3 is 2.68 bits per heavy atom. The van der Waals surface area contributed by atoms with Crippen LogP contribution < -0.4 is 4.74 Å². The maximum Gasteiger partial charge on any atom is 0.305 e. The van der Waals surface area contributed by atoms with Gasteiger partial charge in [-0.2, -0.15) is 0 Å². The minimum Gasteiger partial charge on any atom is -0.494 e. The average Bonchev–Trinajstić information content (AvgIpc) is 2.43. The van der Waals surface area contributed by atoms with Gasteiger partial charge in [-0.25, -0.2) is 0 Å². The van der Waals surface area contributed by atoms with Gasteiger partial charge in [0.1, 0.15) is 5.75 Å². The molecule has 0 spiro atoms. The van der Waals surface area contributed by atoms with E-state index in [2.05, 4.69) is 5.92 Å². The normalized spacial score (nSPS) is 9.68. The molecule has 102 valence electrons. The van der Waals surface area contributed by atoms with E-state index in [-0.39, 0.29) is 5.97 Å². The van der Waals surface area contributed by atoms with Crippen LogP contribution in [0.2, 0.25) is 0 Å². The summed E-state index contributed by atoms with van der Waals surface area (Å²) >= 11 is 0. The molecule has 0 fully saturated rings. The molecule has 0 aliphatic rings. The summed E-state index contributed by atoms with van der Waals surface area (Å²) in [7, 11) is 0. The smallest absolute Gasteiger partial charge is 0.305 e. The zero-order chi connectivity index (χ0) is 13.9. The Kier molecular flexibility index (Phi) is 7.19. The second-order valence-electron chi connectivity index (χ2n) is 4.11. The van der Waals surface area contributed by atoms with E-state index >= 15 is 0 Å². The lowest BCUT2D eigenvalue weighted by Gasteiger charge is -2.06. The number of carbonyl (C=O) groups is 1. The lowest BCUT2D eigenvalue weighted by Crippen LogP contribution is -2.06. The van der Waals surface area contributed by atoms with Gasteiger partial charge in [-0.05, 0) is 37.5 Å². The van der Waals surface area contributed by atoms with E-state index in [1.54, 1.807) is 6.92 Å². The monoisotopic (exact) mass is 260 g/mol. The van der Waals surface area contributed by atoms with Gasteiger partial charge in [0.2, 0.25) is 0 Å². The van der Waals surface area contributed by atoms with Crippen LogP contribution in [0.15, 0.2) is 24.3 Å². The Balaban J connectivity index is 2.23. The number of ether oxygens (including phenoxy) is 2. The number of aryl methyl sites for hydroxylation is 1. The molecule has 0 radical (unpaired) electrons. The van der Waals surface area contributed by atoms with Crippen LogP contribution in [-0.4, -0.2) is 19.2 Å². The van der Waals surface area contributed by atoms with Gasteiger partial charge in [0.25, 0.3) is 0 Å². The largest absolute Gasteiger partial charge is 0.494 e. The first-order chi connectivity index (χ1) is 9.26. The molecule has 0 N–H and O–H groups in total. The van der Waals surface area contributed by atoms with Crippen molar-refractivity contribution in [2.75, 3.05) is 13.2 Å². The molecule has 0 unspecified atom stereocenters. The number of benzene rings is 1. The third-order valence-electron chi connectivity index (χ3n) is 2.58. The standard InChI is InChI=1S/C16H20O3/c1-3-5-7-14-9-11-15(12-10-14)19-13-6-8-16(17)18-4-2/h1,9-12H,4-8,13H2,2H3. The first kappa shape index (κ1) is 15.1. The van der Waals surface area contributed by atoms with Gasteiger partial charge in [0.15, 0.2) is 0 Å². The van der Waals surface area contributed by atoms with Crippen molar-refractivity contribution in [3.05, 3.63) is 29.8 Å². The van der Waals surface area contributed by atoms with Gasteiger partial charge in [0.05, 0.1) is 13.2 Å². The molecule has 1 rings (SSSR count). The quantitative estimate of drug-likeness (QED) is 0.409. The second kappa shape index (κ2) is 9.04. The molecule has 19 heavy (non-hydrogen) atoms. The fourth-order valence-corrected chi connectivity index (χ4v) is 1.61.